The molecule has 0 N–H and O–H groups in total. The minimum Gasteiger partial charge on any atom is -0.495 e. The van der Waals surface area contributed by atoms with Crippen LogP contribution in [0.1, 0.15) is 20.3 Å². The predicted octanol–water partition coefficient (Wildman–Crippen LogP) is 2.22. The molecule has 16 heavy (non-hydrogen) atoms. The van der Waals surface area contributed by atoms with E-state index in [0.717, 1.165) is 11.6 Å². The van der Waals surface area contributed by atoms with Crippen molar-refractivity contribution in [3.63, 3.8) is 0 Å². The summed E-state index contributed by atoms with van der Waals surface area (Å²) < 4.78 is 5.06. The van der Waals surface area contributed by atoms with E-state index in [2.05, 4.69) is 29.8 Å². The van der Waals surface area contributed by atoms with E-state index in [1.165, 1.54) is 0 Å². The zero-order valence-electron chi connectivity index (χ0n) is 9.97. The van der Waals surface area contributed by atoms with Crippen LogP contribution in [-0.2, 0) is 0 Å². The van der Waals surface area contributed by atoms with E-state index < -0.39 is 0 Å². The maximum absolute atomic E-state index is 8.61. The maximum Gasteiger partial charge on any atom is 0.137 e. The lowest BCUT2D eigenvalue weighted by molar-refractivity contribution is 0.413. The minimum absolute atomic E-state index is 0.328. The SMILES string of the molecule is COc1ccc(N(CCC#N)C(C)C)nc1. The van der Waals surface area contributed by atoms with Gasteiger partial charge in [-0.1, -0.05) is 0 Å². The highest BCUT2D eigenvalue weighted by atomic mass is 16.5. The average Bonchev–Trinajstić information content (AvgIpc) is 2.30. The molecule has 0 atom stereocenters. The Morgan fingerprint density at radius 3 is 2.69 bits per heavy atom. The Hall–Kier alpha value is -1.76. The van der Waals surface area contributed by atoms with Crippen LogP contribution in [0.15, 0.2) is 18.3 Å². The molecule has 0 spiro atoms. The van der Waals surface area contributed by atoms with Gasteiger partial charge in [-0.3, -0.25) is 0 Å². The van der Waals surface area contributed by atoms with Gasteiger partial charge in [0.15, 0.2) is 0 Å². The Balaban J connectivity index is 2.80. The third-order valence-electron chi connectivity index (χ3n) is 2.34. The van der Waals surface area contributed by atoms with Gasteiger partial charge in [0.2, 0.25) is 0 Å². The zero-order valence-corrected chi connectivity index (χ0v) is 9.97. The maximum atomic E-state index is 8.61. The summed E-state index contributed by atoms with van der Waals surface area (Å²) in [6.07, 6.45) is 2.20. The highest BCUT2D eigenvalue weighted by molar-refractivity contribution is 5.41. The van der Waals surface area contributed by atoms with Gasteiger partial charge in [-0.15, -0.1) is 0 Å². The first kappa shape index (κ1) is 12.3. The summed E-state index contributed by atoms with van der Waals surface area (Å²) in [5.74, 6) is 1.62. The Bertz CT molecular complexity index is 354. The monoisotopic (exact) mass is 219 g/mol. The van der Waals surface area contributed by atoms with E-state index in [0.29, 0.717) is 19.0 Å². The fourth-order valence-corrected chi connectivity index (χ4v) is 1.47. The summed E-state index contributed by atoms with van der Waals surface area (Å²) in [7, 11) is 1.62. The van der Waals surface area contributed by atoms with Gasteiger partial charge in [-0.2, -0.15) is 5.26 Å². The molecule has 4 nitrogen and oxygen atoms in total. The zero-order chi connectivity index (χ0) is 12.0. The summed E-state index contributed by atoms with van der Waals surface area (Å²) in [6.45, 7) is 4.88. The van der Waals surface area contributed by atoms with Crippen molar-refractivity contribution in [2.24, 2.45) is 0 Å². The van der Waals surface area contributed by atoms with E-state index in [4.69, 9.17) is 10.00 Å². The van der Waals surface area contributed by atoms with Crippen LogP contribution in [0.3, 0.4) is 0 Å². The number of pyridine rings is 1. The summed E-state index contributed by atoms with van der Waals surface area (Å²) >= 11 is 0. The molecule has 0 aromatic carbocycles. The second-order valence-corrected chi connectivity index (χ2v) is 3.75. The third-order valence-corrected chi connectivity index (χ3v) is 2.34. The Morgan fingerprint density at radius 1 is 1.50 bits per heavy atom. The third kappa shape index (κ3) is 3.13. The van der Waals surface area contributed by atoms with Crippen LogP contribution in [0.25, 0.3) is 0 Å². The molecule has 86 valence electrons. The number of aromatic nitrogens is 1. The van der Waals surface area contributed by atoms with Crippen LogP contribution in [0.5, 0.6) is 5.75 Å². The van der Waals surface area contributed by atoms with Gasteiger partial charge >= 0.3 is 0 Å². The van der Waals surface area contributed by atoms with Gasteiger partial charge in [0.25, 0.3) is 0 Å². The first-order valence-electron chi connectivity index (χ1n) is 5.32. The summed E-state index contributed by atoms with van der Waals surface area (Å²) in [6, 6.07) is 6.27. The van der Waals surface area contributed by atoms with E-state index in [1.807, 2.05) is 12.1 Å². The second kappa shape index (κ2) is 5.96. The van der Waals surface area contributed by atoms with Crippen LogP contribution in [0.4, 0.5) is 5.82 Å². The lowest BCUT2D eigenvalue weighted by atomic mass is 10.2. The molecule has 0 unspecified atom stereocenters. The molecule has 0 saturated carbocycles. The van der Waals surface area contributed by atoms with Crippen molar-refractivity contribution >= 4 is 5.82 Å². The predicted molar refractivity (Wildman–Crippen MR) is 63.5 cm³/mol. The quantitative estimate of drug-likeness (QED) is 0.762. The molecule has 0 aliphatic rings. The lowest BCUT2D eigenvalue weighted by Crippen LogP contribution is -2.32. The van der Waals surface area contributed by atoms with E-state index in [-0.39, 0.29) is 0 Å². The van der Waals surface area contributed by atoms with Crippen molar-refractivity contribution in [2.45, 2.75) is 26.3 Å². The fourth-order valence-electron chi connectivity index (χ4n) is 1.47. The molecule has 4 heteroatoms. The Kier molecular flexibility index (Phi) is 4.59. The Labute approximate surface area is 96.5 Å². The van der Waals surface area contributed by atoms with Gasteiger partial charge in [0.1, 0.15) is 11.6 Å². The number of nitriles is 1. The molecule has 1 aromatic rings. The van der Waals surface area contributed by atoms with Gasteiger partial charge in [-0.25, -0.2) is 4.98 Å². The normalized spacial score (nSPS) is 9.94. The summed E-state index contributed by atoms with van der Waals surface area (Å²) in [5, 5.41) is 8.61. The Morgan fingerprint density at radius 2 is 2.25 bits per heavy atom. The van der Waals surface area contributed by atoms with E-state index >= 15 is 0 Å². The topological polar surface area (TPSA) is 49.1 Å². The van der Waals surface area contributed by atoms with Crippen molar-refractivity contribution in [3.8, 4) is 11.8 Å². The van der Waals surface area contributed by atoms with E-state index in [1.54, 1.807) is 13.3 Å². The molecule has 0 radical (unpaired) electrons. The average molecular weight is 219 g/mol. The van der Waals surface area contributed by atoms with Crippen molar-refractivity contribution in [2.75, 3.05) is 18.6 Å². The molecular formula is C12H17N3O. The standard InChI is InChI=1S/C12H17N3O/c1-10(2)15(8-4-7-13)12-6-5-11(16-3)9-14-12/h5-6,9-10H,4,8H2,1-3H3. The number of nitrogens with zero attached hydrogens (tertiary/aromatic N) is 3. The first-order chi connectivity index (χ1) is 7.69. The van der Waals surface area contributed by atoms with Crippen molar-refractivity contribution in [1.29, 1.82) is 5.26 Å². The molecular weight excluding hydrogens is 202 g/mol. The number of methoxy groups -OCH3 is 1. The highest BCUT2D eigenvalue weighted by Crippen LogP contribution is 2.17. The number of anilines is 1. The van der Waals surface area contributed by atoms with Crippen LogP contribution < -0.4 is 9.64 Å². The van der Waals surface area contributed by atoms with Crippen LogP contribution in [0.2, 0.25) is 0 Å². The molecule has 0 amide bonds. The number of hydrogen-bond donors (Lipinski definition) is 0. The number of rotatable bonds is 5. The molecule has 0 fully saturated rings. The van der Waals surface area contributed by atoms with Crippen LogP contribution >= 0.6 is 0 Å². The largest absolute Gasteiger partial charge is 0.495 e. The smallest absolute Gasteiger partial charge is 0.137 e. The van der Waals surface area contributed by atoms with Crippen molar-refractivity contribution in [1.82, 2.24) is 4.98 Å². The molecule has 0 bridgehead atoms. The van der Waals surface area contributed by atoms with Crippen molar-refractivity contribution in [3.05, 3.63) is 18.3 Å². The molecule has 1 rings (SSSR count). The van der Waals surface area contributed by atoms with Gasteiger partial charge in [0, 0.05) is 12.6 Å². The van der Waals surface area contributed by atoms with Gasteiger partial charge in [0.05, 0.1) is 25.8 Å². The molecule has 1 aromatic heterocycles. The van der Waals surface area contributed by atoms with E-state index in [9.17, 15) is 0 Å². The van der Waals surface area contributed by atoms with Crippen LogP contribution in [-0.4, -0.2) is 24.7 Å². The van der Waals surface area contributed by atoms with Gasteiger partial charge < -0.3 is 9.64 Å². The lowest BCUT2D eigenvalue weighted by Gasteiger charge is -2.26. The van der Waals surface area contributed by atoms with Gasteiger partial charge in [-0.05, 0) is 26.0 Å². The van der Waals surface area contributed by atoms with Crippen LogP contribution in [0, 0.1) is 11.3 Å². The summed E-state index contributed by atoms with van der Waals surface area (Å²) in [5.41, 5.74) is 0. The number of ether oxygens (including phenoxy) is 1. The molecule has 0 aliphatic heterocycles. The summed E-state index contributed by atoms with van der Waals surface area (Å²) in [4.78, 5) is 6.42. The minimum atomic E-state index is 0.328. The van der Waals surface area contributed by atoms with Crippen molar-refractivity contribution < 1.29 is 4.74 Å². The molecule has 0 saturated heterocycles. The second-order valence-electron chi connectivity index (χ2n) is 3.75. The first-order valence-corrected chi connectivity index (χ1v) is 5.32. The fraction of sp³-hybridized carbons (Fsp3) is 0.500. The molecule has 1 heterocycles. The molecule has 0 aliphatic carbocycles. The number of hydrogen-bond acceptors (Lipinski definition) is 4. The highest BCUT2D eigenvalue weighted by Gasteiger charge is 2.11.